The molecule has 1 N–H and O–H groups in total. The monoisotopic (exact) mass is 475 g/mol. The summed E-state index contributed by atoms with van der Waals surface area (Å²) < 4.78 is 10.6. The number of hydrogen-bond donors (Lipinski definition) is 1. The van der Waals surface area contributed by atoms with Gasteiger partial charge in [0.1, 0.15) is 23.3 Å². The van der Waals surface area contributed by atoms with E-state index < -0.39 is 23.5 Å². The third kappa shape index (κ3) is 3.83. The minimum atomic E-state index is -1.03. The van der Waals surface area contributed by atoms with E-state index in [0.717, 1.165) is 0 Å². The van der Waals surface area contributed by atoms with Gasteiger partial charge in [-0.1, -0.05) is 17.7 Å². The minimum Gasteiger partial charge on any atom is -0.507 e. The Balaban J connectivity index is 1.96. The fourth-order valence-corrected chi connectivity index (χ4v) is 4.04. The van der Waals surface area contributed by atoms with Crippen LogP contribution in [0.15, 0.2) is 66.4 Å². The Hall–Kier alpha value is -4.35. The molecule has 170 valence electrons. The molecule has 1 aliphatic heterocycles. The first kappa shape index (κ1) is 22.8. The lowest BCUT2D eigenvalue weighted by Crippen LogP contribution is -2.29. The Labute approximate surface area is 200 Å². The summed E-state index contributed by atoms with van der Waals surface area (Å²) in [5, 5.41) is 20.6. The lowest BCUT2D eigenvalue weighted by Gasteiger charge is -2.24. The molecule has 0 aliphatic carbocycles. The van der Waals surface area contributed by atoms with Gasteiger partial charge < -0.3 is 14.6 Å². The zero-order valence-electron chi connectivity index (χ0n) is 18.2. The van der Waals surface area contributed by atoms with Crippen LogP contribution in [0.1, 0.15) is 22.9 Å². The van der Waals surface area contributed by atoms with E-state index in [4.69, 9.17) is 26.3 Å². The van der Waals surface area contributed by atoms with E-state index in [-0.39, 0.29) is 21.9 Å². The molecule has 3 aromatic rings. The predicted molar refractivity (Wildman–Crippen MR) is 125 cm³/mol. The molecule has 1 aliphatic rings. The number of rotatable bonds is 5. The molecule has 0 bridgehead atoms. The number of hydrogen-bond acceptors (Lipinski definition) is 7. The molecule has 8 nitrogen and oxygen atoms in total. The molecule has 1 fully saturated rings. The highest BCUT2D eigenvalue weighted by Crippen LogP contribution is 2.44. The van der Waals surface area contributed by atoms with Crippen LogP contribution in [0.3, 0.4) is 0 Å². The topological polar surface area (TPSA) is 113 Å². The van der Waals surface area contributed by atoms with Crippen LogP contribution in [-0.4, -0.2) is 36.0 Å². The molecule has 0 radical (unpaired) electrons. The average Bonchev–Trinajstić information content (AvgIpc) is 3.14. The van der Waals surface area contributed by atoms with Gasteiger partial charge in [-0.3, -0.25) is 19.5 Å². The summed E-state index contributed by atoms with van der Waals surface area (Å²) in [5.41, 5.74) is 1.08. The van der Waals surface area contributed by atoms with Crippen LogP contribution in [0.4, 0.5) is 5.69 Å². The van der Waals surface area contributed by atoms with Gasteiger partial charge in [-0.25, -0.2) is 0 Å². The second-order valence-corrected chi connectivity index (χ2v) is 7.68. The van der Waals surface area contributed by atoms with Crippen LogP contribution >= 0.6 is 11.6 Å². The second-order valence-electron chi connectivity index (χ2n) is 7.27. The molecule has 0 spiro atoms. The number of aliphatic hydroxyl groups excluding tert-OH is 1. The number of carbonyl (C=O) groups excluding carboxylic acids is 2. The maximum atomic E-state index is 13.2. The standard InChI is InChI=1S/C25H18ClN3O5/c1-33-19-12-20(34-2)17(26)11-16(19)23(30)21-22(18-5-3-4-10-28-18)29(25(32)24(21)31)15-8-6-14(13-27)7-9-15/h3-12,22,30H,1-2H3/b23-21+. The van der Waals surface area contributed by atoms with E-state index >= 15 is 0 Å². The van der Waals surface area contributed by atoms with Gasteiger partial charge in [0.25, 0.3) is 11.7 Å². The number of benzene rings is 2. The normalized spacial score (nSPS) is 16.9. The molecule has 34 heavy (non-hydrogen) atoms. The molecule has 9 heteroatoms. The summed E-state index contributed by atoms with van der Waals surface area (Å²) >= 11 is 6.27. The van der Waals surface area contributed by atoms with Crippen molar-refractivity contribution in [3.05, 3.63) is 88.2 Å². The SMILES string of the molecule is COc1cc(OC)c(/C(O)=C2\C(=O)C(=O)N(c3ccc(C#N)cc3)C2c2ccccn2)cc1Cl. The van der Waals surface area contributed by atoms with E-state index in [9.17, 15) is 14.7 Å². The number of amides is 1. The van der Waals surface area contributed by atoms with Crippen molar-refractivity contribution < 1.29 is 24.2 Å². The third-order valence-corrected chi connectivity index (χ3v) is 5.71. The van der Waals surface area contributed by atoms with Crippen LogP contribution in [0.25, 0.3) is 5.76 Å². The Kier molecular flexibility index (Phi) is 6.21. The van der Waals surface area contributed by atoms with Crippen LogP contribution in [0, 0.1) is 11.3 Å². The second kappa shape index (κ2) is 9.25. The van der Waals surface area contributed by atoms with Gasteiger partial charge in [0.15, 0.2) is 0 Å². The van der Waals surface area contributed by atoms with Gasteiger partial charge in [0.2, 0.25) is 0 Å². The highest BCUT2D eigenvalue weighted by molar-refractivity contribution is 6.51. The summed E-state index contributed by atoms with van der Waals surface area (Å²) in [5.74, 6) is -1.70. The van der Waals surface area contributed by atoms with E-state index in [0.29, 0.717) is 22.7 Å². The molecule has 1 aromatic heterocycles. The Morgan fingerprint density at radius 2 is 1.79 bits per heavy atom. The van der Waals surface area contributed by atoms with E-state index in [1.54, 1.807) is 30.3 Å². The first-order valence-electron chi connectivity index (χ1n) is 10.0. The predicted octanol–water partition coefficient (Wildman–Crippen LogP) is 4.25. The van der Waals surface area contributed by atoms with Gasteiger partial charge in [-0.2, -0.15) is 5.26 Å². The van der Waals surface area contributed by atoms with Crippen molar-refractivity contribution in [1.82, 2.24) is 4.98 Å². The summed E-state index contributed by atoms with van der Waals surface area (Å²) in [4.78, 5) is 32.0. The zero-order valence-corrected chi connectivity index (χ0v) is 18.9. The molecule has 2 heterocycles. The minimum absolute atomic E-state index is 0.118. The van der Waals surface area contributed by atoms with Crippen molar-refractivity contribution in [2.45, 2.75) is 6.04 Å². The van der Waals surface area contributed by atoms with Gasteiger partial charge in [0, 0.05) is 18.0 Å². The lowest BCUT2D eigenvalue weighted by molar-refractivity contribution is -0.132. The average molecular weight is 476 g/mol. The van der Waals surface area contributed by atoms with Crippen molar-refractivity contribution in [2.75, 3.05) is 19.1 Å². The van der Waals surface area contributed by atoms with Crippen LogP contribution in [0.5, 0.6) is 11.5 Å². The first-order valence-corrected chi connectivity index (χ1v) is 10.4. The van der Waals surface area contributed by atoms with Crippen molar-refractivity contribution in [3.63, 3.8) is 0 Å². The molecule has 0 saturated carbocycles. The Bertz CT molecular complexity index is 1350. The van der Waals surface area contributed by atoms with Crippen molar-refractivity contribution in [3.8, 4) is 17.6 Å². The number of ether oxygens (including phenoxy) is 2. The number of aliphatic hydroxyl groups is 1. The fraction of sp³-hybridized carbons (Fsp3) is 0.120. The van der Waals surface area contributed by atoms with Gasteiger partial charge in [-0.15, -0.1) is 0 Å². The van der Waals surface area contributed by atoms with Gasteiger partial charge in [0.05, 0.1) is 47.7 Å². The number of pyridine rings is 1. The van der Waals surface area contributed by atoms with Crippen molar-refractivity contribution in [2.24, 2.45) is 0 Å². The smallest absolute Gasteiger partial charge is 0.300 e. The maximum absolute atomic E-state index is 13.2. The molecule has 1 amide bonds. The summed E-state index contributed by atoms with van der Waals surface area (Å²) in [7, 11) is 2.83. The highest BCUT2D eigenvalue weighted by atomic mass is 35.5. The maximum Gasteiger partial charge on any atom is 0.300 e. The van der Waals surface area contributed by atoms with E-state index in [2.05, 4.69) is 4.98 Å². The molecule has 2 aromatic carbocycles. The van der Waals surface area contributed by atoms with Gasteiger partial charge in [-0.05, 0) is 42.5 Å². The Morgan fingerprint density at radius 1 is 1.09 bits per heavy atom. The molecular weight excluding hydrogens is 458 g/mol. The molecule has 1 atom stereocenters. The van der Waals surface area contributed by atoms with Crippen LogP contribution < -0.4 is 14.4 Å². The summed E-state index contributed by atoms with van der Waals surface area (Å²) in [6, 6.07) is 15.1. The van der Waals surface area contributed by atoms with Crippen LogP contribution in [0.2, 0.25) is 5.02 Å². The van der Waals surface area contributed by atoms with Crippen molar-refractivity contribution in [1.29, 1.82) is 5.26 Å². The quantitative estimate of drug-likeness (QED) is 0.333. The number of ketones is 1. The van der Waals surface area contributed by atoms with Crippen molar-refractivity contribution >= 4 is 34.7 Å². The number of nitrogens with zero attached hydrogens (tertiary/aromatic N) is 3. The number of aromatic nitrogens is 1. The number of nitriles is 1. The number of halogens is 1. The zero-order chi connectivity index (χ0) is 24.4. The molecule has 1 saturated heterocycles. The lowest BCUT2D eigenvalue weighted by atomic mass is 9.97. The van der Waals surface area contributed by atoms with E-state index in [1.807, 2.05) is 6.07 Å². The fourth-order valence-electron chi connectivity index (χ4n) is 3.80. The molecular formula is C25H18ClN3O5. The third-order valence-electron chi connectivity index (χ3n) is 5.42. The first-order chi connectivity index (χ1) is 16.4. The van der Waals surface area contributed by atoms with Gasteiger partial charge >= 0.3 is 0 Å². The largest absolute Gasteiger partial charge is 0.507 e. The Morgan fingerprint density at radius 3 is 2.38 bits per heavy atom. The number of Topliss-reactive ketones (excluding diaryl/α,β-unsaturated/α-hetero) is 1. The summed E-state index contributed by atoms with van der Waals surface area (Å²) in [6.07, 6.45) is 1.53. The number of anilines is 1. The number of methoxy groups -OCH3 is 2. The molecule has 1 unspecified atom stereocenters. The van der Waals surface area contributed by atoms with Crippen LogP contribution in [-0.2, 0) is 9.59 Å². The summed E-state index contributed by atoms with van der Waals surface area (Å²) in [6.45, 7) is 0. The molecule has 4 rings (SSSR count). The van der Waals surface area contributed by atoms with E-state index in [1.165, 1.54) is 49.6 Å². The number of carbonyl (C=O) groups is 2. The highest BCUT2D eigenvalue weighted by Gasteiger charge is 2.48.